The fraction of sp³-hybridized carbons (Fsp3) is 0.200. The van der Waals surface area contributed by atoms with Crippen LogP contribution in [0.3, 0.4) is 0 Å². The summed E-state index contributed by atoms with van der Waals surface area (Å²) in [6.07, 6.45) is -3.23. The molecule has 0 radical (unpaired) electrons. The molecule has 0 atom stereocenters. The van der Waals surface area contributed by atoms with Gasteiger partial charge < -0.3 is 9.15 Å². The van der Waals surface area contributed by atoms with Crippen LogP contribution in [0.4, 0.5) is 17.6 Å². The molecule has 1 heterocycles. The van der Waals surface area contributed by atoms with E-state index in [1.165, 1.54) is 36.5 Å². The zero-order valence-corrected chi connectivity index (χ0v) is 14.5. The minimum Gasteiger partial charge on any atom is -0.461 e. The Bertz CT molecular complexity index is 966. The summed E-state index contributed by atoms with van der Waals surface area (Å²) in [5.74, 6) is -0.734. The summed E-state index contributed by atoms with van der Waals surface area (Å²) in [5, 5.41) is 0. The van der Waals surface area contributed by atoms with Crippen LogP contribution in [0.2, 0.25) is 0 Å². The maximum atomic E-state index is 13.7. The van der Waals surface area contributed by atoms with Crippen molar-refractivity contribution in [2.45, 2.75) is 25.6 Å². The number of benzene rings is 2. The lowest BCUT2D eigenvalue weighted by molar-refractivity contribution is -0.147. The molecule has 0 bridgehead atoms. The van der Waals surface area contributed by atoms with Crippen molar-refractivity contribution in [2.75, 3.05) is 0 Å². The number of aromatic nitrogens is 1. The molecule has 146 valence electrons. The smallest absolute Gasteiger partial charge is 0.416 e. The highest BCUT2D eigenvalue weighted by Gasteiger charge is 2.33. The van der Waals surface area contributed by atoms with Crippen LogP contribution in [0.5, 0.6) is 0 Å². The Hall–Kier alpha value is -3.16. The molecular weight excluding hydrogens is 378 g/mol. The first kappa shape index (κ1) is 19.6. The molecule has 2 aromatic carbocycles. The topological polar surface area (TPSA) is 52.3 Å². The van der Waals surface area contributed by atoms with E-state index in [0.29, 0.717) is 0 Å². The van der Waals surface area contributed by atoms with Crippen molar-refractivity contribution in [3.8, 4) is 11.3 Å². The standard InChI is InChI=1S/C20H15F4NO3/c21-16-8-4-2-6-14(16)17-11-25-18(28-17)9-10-19(26)27-12-13-5-1-3-7-15(13)20(22,23)24/h1-8,11H,9-10,12H2. The van der Waals surface area contributed by atoms with E-state index >= 15 is 0 Å². The van der Waals surface area contributed by atoms with Gasteiger partial charge in [0.1, 0.15) is 12.4 Å². The van der Waals surface area contributed by atoms with Gasteiger partial charge in [-0.15, -0.1) is 0 Å². The number of oxazole rings is 1. The monoisotopic (exact) mass is 393 g/mol. The minimum atomic E-state index is -4.52. The van der Waals surface area contributed by atoms with Gasteiger partial charge in [-0.3, -0.25) is 4.79 Å². The van der Waals surface area contributed by atoms with Crippen LogP contribution in [-0.4, -0.2) is 11.0 Å². The Morgan fingerprint density at radius 3 is 2.54 bits per heavy atom. The van der Waals surface area contributed by atoms with Crippen molar-refractivity contribution in [3.63, 3.8) is 0 Å². The second-order valence-electron chi connectivity index (χ2n) is 5.91. The molecule has 0 spiro atoms. The molecule has 8 heteroatoms. The van der Waals surface area contributed by atoms with Gasteiger partial charge in [0.05, 0.1) is 23.7 Å². The van der Waals surface area contributed by atoms with E-state index in [0.717, 1.165) is 6.07 Å². The van der Waals surface area contributed by atoms with Crippen molar-refractivity contribution in [1.29, 1.82) is 0 Å². The average Bonchev–Trinajstić information content (AvgIpc) is 3.13. The van der Waals surface area contributed by atoms with Crippen LogP contribution >= 0.6 is 0 Å². The first-order valence-corrected chi connectivity index (χ1v) is 8.35. The number of hydrogen-bond donors (Lipinski definition) is 0. The average molecular weight is 393 g/mol. The summed E-state index contributed by atoms with van der Waals surface area (Å²) in [6, 6.07) is 10.9. The largest absolute Gasteiger partial charge is 0.461 e. The van der Waals surface area contributed by atoms with Crippen LogP contribution in [0, 0.1) is 5.82 Å². The van der Waals surface area contributed by atoms with Crippen molar-refractivity contribution in [1.82, 2.24) is 4.98 Å². The van der Waals surface area contributed by atoms with Crippen LogP contribution in [-0.2, 0) is 28.7 Å². The molecule has 0 aliphatic heterocycles. The summed E-state index contributed by atoms with van der Waals surface area (Å²) in [7, 11) is 0. The van der Waals surface area contributed by atoms with Gasteiger partial charge in [-0.1, -0.05) is 30.3 Å². The highest BCUT2D eigenvalue weighted by molar-refractivity contribution is 5.69. The first-order chi connectivity index (χ1) is 13.3. The lowest BCUT2D eigenvalue weighted by Crippen LogP contribution is -2.12. The van der Waals surface area contributed by atoms with E-state index in [1.54, 1.807) is 12.1 Å². The number of rotatable bonds is 6. The third kappa shape index (κ3) is 4.76. The van der Waals surface area contributed by atoms with Gasteiger partial charge in [-0.05, 0) is 18.2 Å². The maximum Gasteiger partial charge on any atom is 0.416 e. The predicted octanol–water partition coefficient (Wildman–Crippen LogP) is 5.18. The summed E-state index contributed by atoms with van der Waals surface area (Å²) in [6.45, 7) is -0.486. The molecule has 1 aromatic heterocycles. The van der Waals surface area contributed by atoms with E-state index in [1.807, 2.05) is 0 Å². The molecule has 28 heavy (non-hydrogen) atoms. The van der Waals surface area contributed by atoms with Gasteiger partial charge in [0, 0.05) is 12.0 Å². The molecule has 0 N–H and O–H groups in total. The third-order valence-corrected chi connectivity index (χ3v) is 3.95. The normalized spacial score (nSPS) is 11.4. The number of alkyl halides is 3. The van der Waals surface area contributed by atoms with Gasteiger partial charge in [0.25, 0.3) is 0 Å². The Morgan fingerprint density at radius 1 is 1.07 bits per heavy atom. The Morgan fingerprint density at radius 2 is 1.79 bits per heavy atom. The van der Waals surface area contributed by atoms with Gasteiger partial charge >= 0.3 is 12.1 Å². The lowest BCUT2D eigenvalue weighted by Gasteiger charge is -2.12. The molecule has 3 rings (SSSR count). The number of carbonyl (C=O) groups is 1. The van der Waals surface area contributed by atoms with Crippen molar-refractivity contribution in [3.05, 3.63) is 77.6 Å². The zero-order valence-electron chi connectivity index (χ0n) is 14.5. The summed E-state index contributed by atoms with van der Waals surface area (Å²) in [5.41, 5.74) is -0.723. The number of esters is 1. The van der Waals surface area contributed by atoms with Crippen LogP contribution in [0.25, 0.3) is 11.3 Å². The fourth-order valence-electron chi connectivity index (χ4n) is 2.57. The molecule has 0 aliphatic carbocycles. The van der Waals surface area contributed by atoms with Gasteiger partial charge in [0.15, 0.2) is 11.7 Å². The zero-order chi connectivity index (χ0) is 20.1. The van der Waals surface area contributed by atoms with E-state index in [-0.39, 0.29) is 35.6 Å². The van der Waals surface area contributed by atoms with Crippen LogP contribution < -0.4 is 0 Å². The quantitative estimate of drug-likeness (QED) is 0.428. The van der Waals surface area contributed by atoms with Crippen molar-refractivity contribution in [2.24, 2.45) is 0 Å². The molecule has 0 fully saturated rings. The maximum absolute atomic E-state index is 13.7. The number of halogens is 4. The highest BCUT2D eigenvalue weighted by Crippen LogP contribution is 2.32. The molecule has 0 unspecified atom stereocenters. The third-order valence-electron chi connectivity index (χ3n) is 3.95. The summed E-state index contributed by atoms with van der Waals surface area (Å²) >= 11 is 0. The number of ether oxygens (including phenoxy) is 1. The van der Waals surface area contributed by atoms with E-state index in [2.05, 4.69) is 4.98 Å². The van der Waals surface area contributed by atoms with Crippen LogP contribution in [0.1, 0.15) is 23.4 Å². The van der Waals surface area contributed by atoms with Gasteiger partial charge in [-0.25, -0.2) is 9.37 Å². The fourth-order valence-corrected chi connectivity index (χ4v) is 2.57. The molecule has 0 saturated carbocycles. The second-order valence-corrected chi connectivity index (χ2v) is 5.91. The molecule has 0 aliphatic rings. The predicted molar refractivity (Wildman–Crippen MR) is 91.5 cm³/mol. The van der Waals surface area contributed by atoms with E-state index < -0.39 is 30.1 Å². The molecule has 0 amide bonds. The van der Waals surface area contributed by atoms with Crippen molar-refractivity contribution >= 4 is 5.97 Å². The Kier molecular flexibility index (Phi) is 5.77. The Labute approximate surface area is 157 Å². The molecule has 0 saturated heterocycles. The highest BCUT2D eigenvalue weighted by atomic mass is 19.4. The SMILES string of the molecule is O=C(CCc1ncc(-c2ccccc2F)o1)OCc1ccccc1C(F)(F)F. The molecule has 3 aromatic rings. The van der Waals surface area contributed by atoms with E-state index in [4.69, 9.17) is 9.15 Å². The van der Waals surface area contributed by atoms with Gasteiger partial charge in [0.2, 0.25) is 0 Å². The Balaban J connectivity index is 1.56. The second kappa shape index (κ2) is 8.24. The summed E-state index contributed by atoms with van der Waals surface area (Å²) < 4.78 is 62.9. The number of nitrogens with zero attached hydrogens (tertiary/aromatic N) is 1. The number of aryl methyl sites for hydroxylation is 1. The lowest BCUT2D eigenvalue weighted by atomic mass is 10.1. The number of hydrogen-bond acceptors (Lipinski definition) is 4. The van der Waals surface area contributed by atoms with Crippen molar-refractivity contribution < 1.29 is 31.5 Å². The molecule has 4 nitrogen and oxygen atoms in total. The van der Waals surface area contributed by atoms with Gasteiger partial charge in [-0.2, -0.15) is 13.2 Å². The molecular formula is C20H15F4NO3. The number of carbonyl (C=O) groups excluding carboxylic acids is 1. The summed E-state index contributed by atoms with van der Waals surface area (Å²) in [4.78, 5) is 15.8. The van der Waals surface area contributed by atoms with E-state index in [9.17, 15) is 22.4 Å². The minimum absolute atomic E-state index is 0.0776. The van der Waals surface area contributed by atoms with Crippen LogP contribution in [0.15, 0.2) is 59.1 Å². The first-order valence-electron chi connectivity index (χ1n) is 8.35.